The first kappa shape index (κ1) is 15.6. The van der Waals surface area contributed by atoms with Gasteiger partial charge in [-0.2, -0.15) is 0 Å². The van der Waals surface area contributed by atoms with Crippen molar-refractivity contribution in [3.05, 3.63) is 29.8 Å². The quantitative estimate of drug-likeness (QED) is 0.827. The molecule has 0 spiro atoms. The minimum absolute atomic E-state index is 0. The fourth-order valence-electron chi connectivity index (χ4n) is 1.51. The van der Waals surface area contributed by atoms with Crippen LogP contribution in [0, 0.1) is 0 Å². The molecule has 1 rings (SSSR count). The molecule has 0 aliphatic rings. The molecule has 4 heteroatoms. The van der Waals surface area contributed by atoms with Crippen molar-refractivity contribution in [3.63, 3.8) is 0 Å². The van der Waals surface area contributed by atoms with E-state index in [4.69, 9.17) is 17.3 Å². The van der Waals surface area contributed by atoms with Gasteiger partial charge in [0.1, 0.15) is 0 Å². The van der Waals surface area contributed by atoms with Crippen molar-refractivity contribution < 1.29 is 0 Å². The van der Waals surface area contributed by atoms with Gasteiger partial charge in [0.05, 0.1) is 0 Å². The van der Waals surface area contributed by atoms with Crippen LogP contribution in [0.5, 0.6) is 0 Å². The van der Waals surface area contributed by atoms with Crippen LogP contribution in [-0.2, 0) is 6.42 Å². The van der Waals surface area contributed by atoms with Gasteiger partial charge in [-0.1, -0.05) is 12.1 Å². The van der Waals surface area contributed by atoms with E-state index in [1.807, 2.05) is 14.0 Å². The SMILES string of the molecule is CC(N)Cc1ccc(N(C)CCCl)cc1.Cl. The van der Waals surface area contributed by atoms with Gasteiger partial charge >= 0.3 is 0 Å². The van der Waals surface area contributed by atoms with E-state index in [9.17, 15) is 0 Å². The molecule has 0 fully saturated rings. The molecule has 1 unspecified atom stereocenters. The highest BCUT2D eigenvalue weighted by atomic mass is 35.5. The van der Waals surface area contributed by atoms with Gasteiger partial charge < -0.3 is 10.6 Å². The number of alkyl halides is 1. The topological polar surface area (TPSA) is 29.3 Å². The molecule has 0 saturated heterocycles. The fourth-order valence-corrected chi connectivity index (χ4v) is 1.77. The lowest BCUT2D eigenvalue weighted by molar-refractivity contribution is 0.738. The van der Waals surface area contributed by atoms with E-state index in [1.54, 1.807) is 0 Å². The van der Waals surface area contributed by atoms with Crippen molar-refractivity contribution in [2.75, 3.05) is 24.4 Å². The molecular weight excluding hydrogens is 243 g/mol. The Bertz CT molecular complexity index is 286. The second-order valence-electron chi connectivity index (χ2n) is 3.96. The maximum atomic E-state index is 5.74. The maximum absolute atomic E-state index is 5.74. The molecule has 1 aromatic carbocycles. The standard InChI is InChI=1S/C12H19ClN2.ClH/c1-10(14)9-11-3-5-12(6-4-11)15(2)8-7-13;/h3-6,10H,7-9,14H2,1-2H3;1H. The molecule has 0 saturated carbocycles. The van der Waals surface area contributed by atoms with E-state index in [0.29, 0.717) is 5.88 Å². The Morgan fingerprint density at radius 2 is 1.88 bits per heavy atom. The third-order valence-electron chi connectivity index (χ3n) is 2.35. The highest BCUT2D eigenvalue weighted by molar-refractivity contribution is 6.18. The number of halogens is 2. The normalized spacial score (nSPS) is 11.8. The number of hydrogen-bond acceptors (Lipinski definition) is 2. The first-order chi connectivity index (χ1) is 7.13. The van der Waals surface area contributed by atoms with Crippen molar-refractivity contribution >= 4 is 29.7 Å². The van der Waals surface area contributed by atoms with E-state index >= 15 is 0 Å². The number of benzene rings is 1. The Morgan fingerprint density at radius 1 is 1.31 bits per heavy atom. The molecule has 1 aromatic rings. The van der Waals surface area contributed by atoms with Gasteiger partial charge in [0.15, 0.2) is 0 Å². The molecule has 92 valence electrons. The summed E-state index contributed by atoms with van der Waals surface area (Å²) >= 11 is 5.69. The van der Waals surface area contributed by atoms with Crippen molar-refractivity contribution in [2.24, 2.45) is 5.73 Å². The maximum Gasteiger partial charge on any atom is 0.0399 e. The van der Waals surface area contributed by atoms with Crippen LogP contribution in [-0.4, -0.2) is 25.5 Å². The van der Waals surface area contributed by atoms with Crippen LogP contribution in [0.2, 0.25) is 0 Å². The van der Waals surface area contributed by atoms with Gasteiger partial charge in [-0.15, -0.1) is 24.0 Å². The molecule has 2 nitrogen and oxygen atoms in total. The summed E-state index contributed by atoms with van der Waals surface area (Å²) in [5.74, 6) is 0.651. The number of anilines is 1. The van der Waals surface area contributed by atoms with Crippen molar-refractivity contribution in [1.82, 2.24) is 0 Å². The molecular formula is C12H20Cl2N2. The lowest BCUT2D eigenvalue weighted by Gasteiger charge is -2.18. The monoisotopic (exact) mass is 262 g/mol. The van der Waals surface area contributed by atoms with Crippen molar-refractivity contribution in [3.8, 4) is 0 Å². The highest BCUT2D eigenvalue weighted by Gasteiger charge is 2.01. The highest BCUT2D eigenvalue weighted by Crippen LogP contribution is 2.14. The largest absolute Gasteiger partial charge is 0.373 e. The first-order valence-electron chi connectivity index (χ1n) is 5.25. The first-order valence-corrected chi connectivity index (χ1v) is 5.78. The number of nitrogens with zero attached hydrogens (tertiary/aromatic N) is 1. The Kier molecular flexibility index (Phi) is 7.56. The van der Waals surface area contributed by atoms with Crippen LogP contribution < -0.4 is 10.6 Å². The van der Waals surface area contributed by atoms with E-state index in [1.165, 1.54) is 11.3 Å². The van der Waals surface area contributed by atoms with Crippen molar-refractivity contribution in [2.45, 2.75) is 19.4 Å². The average Bonchev–Trinajstić information content (AvgIpc) is 2.18. The van der Waals surface area contributed by atoms with Gasteiger partial charge in [0.25, 0.3) is 0 Å². The summed E-state index contributed by atoms with van der Waals surface area (Å²) in [6.45, 7) is 2.89. The molecule has 1 atom stereocenters. The Hall–Kier alpha value is -0.440. The van der Waals surface area contributed by atoms with E-state index in [0.717, 1.165) is 13.0 Å². The lowest BCUT2D eigenvalue weighted by Crippen LogP contribution is -2.20. The van der Waals surface area contributed by atoms with Gasteiger partial charge in [-0.05, 0) is 31.0 Å². The lowest BCUT2D eigenvalue weighted by atomic mass is 10.1. The molecule has 0 aliphatic heterocycles. The van der Waals surface area contributed by atoms with Crippen LogP contribution in [0.1, 0.15) is 12.5 Å². The zero-order chi connectivity index (χ0) is 11.3. The van der Waals surface area contributed by atoms with Crippen molar-refractivity contribution in [1.29, 1.82) is 0 Å². The van der Waals surface area contributed by atoms with Gasteiger partial charge in [0.2, 0.25) is 0 Å². The summed E-state index contributed by atoms with van der Waals surface area (Å²) in [4.78, 5) is 2.14. The van der Waals surface area contributed by atoms with Crippen LogP contribution >= 0.6 is 24.0 Å². The van der Waals surface area contributed by atoms with Gasteiger partial charge in [-0.3, -0.25) is 0 Å². The Labute approximate surface area is 109 Å². The van der Waals surface area contributed by atoms with Crippen LogP contribution in [0.25, 0.3) is 0 Å². The summed E-state index contributed by atoms with van der Waals surface area (Å²) in [5.41, 5.74) is 8.23. The molecule has 0 radical (unpaired) electrons. The Balaban J connectivity index is 0.00000225. The third kappa shape index (κ3) is 5.06. The van der Waals surface area contributed by atoms with Crippen LogP contribution in [0.15, 0.2) is 24.3 Å². The zero-order valence-electron chi connectivity index (χ0n) is 9.82. The second-order valence-corrected chi connectivity index (χ2v) is 4.34. The molecule has 16 heavy (non-hydrogen) atoms. The number of nitrogens with two attached hydrogens (primary N) is 1. The minimum Gasteiger partial charge on any atom is -0.373 e. The molecule has 0 heterocycles. The van der Waals surface area contributed by atoms with Crippen LogP contribution in [0.3, 0.4) is 0 Å². The van der Waals surface area contributed by atoms with E-state index < -0.39 is 0 Å². The zero-order valence-corrected chi connectivity index (χ0v) is 11.4. The third-order valence-corrected chi connectivity index (χ3v) is 2.52. The smallest absolute Gasteiger partial charge is 0.0399 e. The molecule has 0 amide bonds. The van der Waals surface area contributed by atoms with Crippen LogP contribution in [0.4, 0.5) is 5.69 Å². The summed E-state index contributed by atoms with van der Waals surface area (Å²) in [6.07, 6.45) is 0.930. The van der Waals surface area contributed by atoms with E-state index in [-0.39, 0.29) is 18.4 Å². The molecule has 2 N–H and O–H groups in total. The Morgan fingerprint density at radius 3 is 2.31 bits per heavy atom. The molecule has 0 aromatic heterocycles. The average molecular weight is 263 g/mol. The fraction of sp³-hybridized carbons (Fsp3) is 0.500. The van der Waals surface area contributed by atoms with Gasteiger partial charge in [-0.25, -0.2) is 0 Å². The predicted octanol–water partition coefficient (Wildman–Crippen LogP) is 2.67. The summed E-state index contributed by atoms with van der Waals surface area (Å²) in [6, 6.07) is 8.71. The number of hydrogen-bond donors (Lipinski definition) is 1. The van der Waals surface area contributed by atoms with E-state index in [2.05, 4.69) is 29.2 Å². The molecule has 0 bridgehead atoms. The summed E-state index contributed by atoms with van der Waals surface area (Å²) in [7, 11) is 2.04. The minimum atomic E-state index is 0. The van der Waals surface area contributed by atoms with Gasteiger partial charge in [0, 0.05) is 31.2 Å². The summed E-state index contributed by atoms with van der Waals surface area (Å²) < 4.78 is 0. The predicted molar refractivity (Wildman–Crippen MR) is 75.0 cm³/mol. The summed E-state index contributed by atoms with van der Waals surface area (Å²) in [5, 5.41) is 0. The number of rotatable bonds is 5. The molecule has 0 aliphatic carbocycles. The second kappa shape index (κ2) is 7.77.